The van der Waals surface area contributed by atoms with Crippen LogP contribution in [0.4, 0.5) is 30.7 Å². The number of nitrogens with zero attached hydrogens (tertiary/aromatic N) is 2. The summed E-state index contributed by atoms with van der Waals surface area (Å²) >= 11 is 0. The number of hydrogen-bond donors (Lipinski definition) is 1. The monoisotopic (exact) mass is 364 g/mol. The number of rotatable bonds is 5. The van der Waals surface area contributed by atoms with Crippen molar-refractivity contribution in [3.05, 3.63) is 11.3 Å². The number of alkyl halides is 7. The van der Waals surface area contributed by atoms with E-state index in [0.717, 1.165) is 0 Å². The second kappa shape index (κ2) is 6.13. The van der Waals surface area contributed by atoms with E-state index in [4.69, 9.17) is 5.11 Å². The summed E-state index contributed by atoms with van der Waals surface area (Å²) in [5.41, 5.74) is -3.39. The lowest BCUT2D eigenvalue weighted by Crippen LogP contribution is -2.20. The molecule has 1 aromatic heterocycles. The number of carboxylic acid groups (broad SMARTS) is 1. The number of aromatic carboxylic acids is 1. The van der Waals surface area contributed by atoms with Crippen LogP contribution < -0.4 is 4.74 Å². The van der Waals surface area contributed by atoms with E-state index in [0.29, 0.717) is 0 Å². The second-order valence-electron chi connectivity index (χ2n) is 5.36. The van der Waals surface area contributed by atoms with Crippen LogP contribution in [-0.4, -0.2) is 33.4 Å². The molecule has 0 unspecified atom stereocenters. The standard InChI is InChI=1S/C12H11F7N2O3/c13-10(14)24-8-6(12(17,18)19)7(9(22)23)21(20-8)4-5-1-2-11(15,16)3-5/h5,10H,1-4H2,(H,22,23)/t5-/m1/s1. The molecule has 0 spiro atoms. The second-order valence-corrected chi connectivity index (χ2v) is 5.36. The molecule has 1 aliphatic carbocycles. The number of carbonyl (C=O) groups is 1. The molecule has 1 aromatic rings. The topological polar surface area (TPSA) is 64.3 Å². The van der Waals surface area contributed by atoms with Gasteiger partial charge in [-0.15, -0.1) is 5.10 Å². The average molecular weight is 364 g/mol. The van der Waals surface area contributed by atoms with Gasteiger partial charge in [0.2, 0.25) is 5.92 Å². The maximum Gasteiger partial charge on any atom is 0.424 e. The molecule has 24 heavy (non-hydrogen) atoms. The summed E-state index contributed by atoms with van der Waals surface area (Å²) < 4.78 is 93.8. The minimum atomic E-state index is -5.32. The molecule has 1 atom stereocenters. The van der Waals surface area contributed by atoms with E-state index in [9.17, 15) is 35.5 Å². The molecule has 1 N–H and O–H groups in total. The fourth-order valence-corrected chi connectivity index (χ4v) is 2.65. The van der Waals surface area contributed by atoms with Gasteiger partial charge in [-0.05, 0) is 12.3 Å². The van der Waals surface area contributed by atoms with Crippen LogP contribution in [0.25, 0.3) is 0 Å². The molecular formula is C12H11F7N2O3. The van der Waals surface area contributed by atoms with Gasteiger partial charge in [-0.25, -0.2) is 13.6 Å². The van der Waals surface area contributed by atoms with Gasteiger partial charge in [-0.2, -0.15) is 22.0 Å². The zero-order valence-electron chi connectivity index (χ0n) is 11.8. The summed E-state index contributed by atoms with van der Waals surface area (Å²) in [5.74, 6) is -7.52. The van der Waals surface area contributed by atoms with Gasteiger partial charge in [0.05, 0.1) is 0 Å². The van der Waals surface area contributed by atoms with Gasteiger partial charge in [-0.1, -0.05) is 0 Å². The Hall–Kier alpha value is -2.01. The average Bonchev–Trinajstić information content (AvgIpc) is 2.88. The molecule has 0 saturated heterocycles. The van der Waals surface area contributed by atoms with Gasteiger partial charge < -0.3 is 9.84 Å². The lowest BCUT2D eigenvalue weighted by molar-refractivity contribution is -0.142. The van der Waals surface area contributed by atoms with Gasteiger partial charge in [0.1, 0.15) is 0 Å². The first-order valence-corrected chi connectivity index (χ1v) is 6.64. The molecule has 1 heterocycles. The summed E-state index contributed by atoms with van der Waals surface area (Å²) in [5, 5.41) is 12.1. The normalized spacial score (nSPS) is 20.6. The van der Waals surface area contributed by atoms with Crippen LogP contribution in [0.3, 0.4) is 0 Å². The highest BCUT2D eigenvalue weighted by molar-refractivity contribution is 5.88. The van der Waals surface area contributed by atoms with Crippen LogP contribution in [-0.2, 0) is 12.7 Å². The van der Waals surface area contributed by atoms with Crippen molar-refractivity contribution in [2.24, 2.45) is 5.92 Å². The summed E-state index contributed by atoms with van der Waals surface area (Å²) in [7, 11) is 0. The Morgan fingerprint density at radius 2 is 2.04 bits per heavy atom. The van der Waals surface area contributed by atoms with Crippen molar-refractivity contribution >= 4 is 5.97 Å². The Morgan fingerprint density at radius 3 is 2.46 bits per heavy atom. The van der Waals surface area contributed by atoms with Gasteiger partial charge >= 0.3 is 18.8 Å². The summed E-state index contributed by atoms with van der Waals surface area (Å²) in [6.45, 7) is -4.24. The SMILES string of the molecule is O=C(O)c1c(C(F)(F)F)c(OC(F)F)nn1C[C@@H]1CCC(F)(F)C1. The van der Waals surface area contributed by atoms with Crippen LogP contribution in [0.15, 0.2) is 0 Å². The van der Waals surface area contributed by atoms with Crippen LogP contribution in [0.1, 0.15) is 35.3 Å². The molecule has 0 amide bonds. The zero-order valence-corrected chi connectivity index (χ0v) is 11.8. The van der Waals surface area contributed by atoms with Crippen LogP contribution in [0.2, 0.25) is 0 Å². The molecule has 136 valence electrons. The highest BCUT2D eigenvalue weighted by Crippen LogP contribution is 2.42. The van der Waals surface area contributed by atoms with Gasteiger partial charge in [0.15, 0.2) is 11.3 Å². The van der Waals surface area contributed by atoms with Crippen molar-refractivity contribution in [1.29, 1.82) is 0 Å². The van der Waals surface area contributed by atoms with E-state index < -0.39 is 67.1 Å². The quantitative estimate of drug-likeness (QED) is 0.811. The lowest BCUT2D eigenvalue weighted by atomic mass is 10.1. The van der Waals surface area contributed by atoms with Gasteiger partial charge in [0.25, 0.3) is 5.88 Å². The van der Waals surface area contributed by atoms with Crippen LogP contribution in [0.5, 0.6) is 5.88 Å². The fourth-order valence-electron chi connectivity index (χ4n) is 2.65. The highest BCUT2D eigenvalue weighted by atomic mass is 19.4. The van der Waals surface area contributed by atoms with E-state index in [-0.39, 0.29) is 11.1 Å². The molecule has 12 heteroatoms. The Balaban J connectivity index is 2.43. The third kappa shape index (κ3) is 3.90. The van der Waals surface area contributed by atoms with Crippen molar-refractivity contribution in [1.82, 2.24) is 9.78 Å². The van der Waals surface area contributed by atoms with Crippen molar-refractivity contribution in [2.45, 2.75) is 44.5 Å². The number of carboxylic acids is 1. The lowest BCUT2D eigenvalue weighted by Gasteiger charge is -2.12. The number of aromatic nitrogens is 2. The molecule has 0 bridgehead atoms. The third-order valence-electron chi connectivity index (χ3n) is 3.54. The third-order valence-corrected chi connectivity index (χ3v) is 3.54. The number of hydrogen-bond acceptors (Lipinski definition) is 3. The van der Waals surface area contributed by atoms with Gasteiger partial charge in [0, 0.05) is 19.4 Å². The summed E-state index contributed by atoms with van der Waals surface area (Å²) in [4.78, 5) is 11.1. The molecule has 1 fully saturated rings. The van der Waals surface area contributed by atoms with Gasteiger partial charge in [-0.3, -0.25) is 4.68 Å². The van der Waals surface area contributed by atoms with Crippen LogP contribution in [0, 0.1) is 5.92 Å². The minimum absolute atomic E-state index is 0.0572. The Kier molecular flexibility index (Phi) is 4.68. The Labute approximate surface area is 130 Å². The first-order valence-electron chi connectivity index (χ1n) is 6.64. The Morgan fingerprint density at radius 1 is 1.42 bits per heavy atom. The van der Waals surface area contributed by atoms with Crippen molar-refractivity contribution < 1.29 is 45.4 Å². The van der Waals surface area contributed by atoms with Crippen LogP contribution >= 0.6 is 0 Å². The van der Waals surface area contributed by atoms with Crippen molar-refractivity contribution in [2.75, 3.05) is 0 Å². The van der Waals surface area contributed by atoms with E-state index in [1.54, 1.807) is 0 Å². The number of halogens is 7. The highest BCUT2D eigenvalue weighted by Gasteiger charge is 2.45. The molecule has 5 nitrogen and oxygen atoms in total. The minimum Gasteiger partial charge on any atom is -0.477 e. The van der Waals surface area contributed by atoms with E-state index in [1.165, 1.54) is 0 Å². The molecule has 0 aromatic carbocycles. The molecule has 0 radical (unpaired) electrons. The molecule has 1 saturated carbocycles. The molecule has 1 aliphatic rings. The Bertz CT molecular complexity index is 627. The predicted octanol–water partition coefficient (Wildman–Crippen LogP) is 3.64. The fraction of sp³-hybridized carbons (Fsp3) is 0.667. The molecule has 0 aliphatic heterocycles. The van der Waals surface area contributed by atoms with Crippen molar-refractivity contribution in [3.8, 4) is 5.88 Å². The smallest absolute Gasteiger partial charge is 0.424 e. The maximum absolute atomic E-state index is 13.2. The molecular weight excluding hydrogens is 353 g/mol. The zero-order chi connectivity index (χ0) is 18.3. The largest absolute Gasteiger partial charge is 0.477 e. The predicted molar refractivity (Wildman–Crippen MR) is 63.1 cm³/mol. The summed E-state index contributed by atoms with van der Waals surface area (Å²) in [6.07, 6.45) is -6.53. The van der Waals surface area contributed by atoms with E-state index in [1.807, 2.05) is 0 Å². The maximum atomic E-state index is 13.2. The van der Waals surface area contributed by atoms with E-state index >= 15 is 0 Å². The van der Waals surface area contributed by atoms with E-state index in [2.05, 4.69) is 9.84 Å². The molecule has 2 rings (SSSR count). The first kappa shape index (κ1) is 18.3. The number of ether oxygens (including phenoxy) is 1. The van der Waals surface area contributed by atoms with Crippen molar-refractivity contribution in [3.63, 3.8) is 0 Å². The first-order chi connectivity index (χ1) is 10.9. The summed E-state index contributed by atoms with van der Waals surface area (Å²) in [6, 6.07) is 0.